The molecule has 0 N–H and O–H groups in total. The summed E-state index contributed by atoms with van der Waals surface area (Å²) in [4.78, 5) is 0. The Hall–Kier alpha value is 1.19. The molecule has 0 atom stereocenters. The van der Waals surface area contributed by atoms with E-state index in [0.29, 0.717) is 0 Å². The molecule has 0 aliphatic rings. The Bertz CT molecular complexity index is 28.2. The molecule has 0 nitrogen and oxygen atoms in total. The zero-order chi connectivity index (χ0) is 8.24. The molecule has 10 heavy (non-hydrogen) atoms. The van der Waals surface area contributed by atoms with Gasteiger partial charge in [0, 0.05) is 0 Å². The molecule has 0 saturated carbocycles. The summed E-state index contributed by atoms with van der Waals surface area (Å²) >= 11 is 4.42. The number of hydrogen-bond donors (Lipinski definition) is 0. The molecule has 0 heterocycles. The average molecular weight is 128 g/mol. The Morgan fingerprint density at radius 2 is 1.10 bits per heavy atom. The van der Waals surface area contributed by atoms with Gasteiger partial charge in [0.15, 0.2) is 0 Å². The van der Waals surface area contributed by atoms with Crippen LogP contribution in [0, 0.1) is 0 Å². The first-order chi connectivity index (χ1) is 4.83. The van der Waals surface area contributed by atoms with Gasteiger partial charge in [-0.1, -0.05) is 0 Å². The van der Waals surface area contributed by atoms with Crippen molar-refractivity contribution in [1.82, 2.24) is 0 Å². The van der Waals surface area contributed by atoms with Crippen molar-refractivity contribution in [2.75, 3.05) is 0 Å². The van der Waals surface area contributed by atoms with E-state index < -0.39 is 0 Å². The molecule has 0 aliphatic heterocycles. The van der Waals surface area contributed by atoms with Crippen molar-refractivity contribution in [1.29, 1.82) is 0 Å². The van der Waals surface area contributed by atoms with Gasteiger partial charge in [-0.05, 0) is 0 Å². The second-order valence-corrected chi connectivity index (χ2v) is 2.71. The zero-order valence-electron chi connectivity index (χ0n) is 8.24. The summed E-state index contributed by atoms with van der Waals surface area (Å²) in [5, 5.41) is 2.69. The first-order valence-electron chi connectivity index (χ1n) is 4.83. The Morgan fingerprint density at radius 1 is 0.800 bits per heavy atom. The fraction of sp³-hybridized carbons (Fsp3) is 1.00. The monoisotopic (exact) mass is 128 g/mol. The third kappa shape index (κ3) is 22.9. The molecule has 0 spiro atoms. The predicted molar refractivity (Wildman–Crippen MR) is 50.9 cm³/mol. The van der Waals surface area contributed by atoms with Gasteiger partial charge in [-0.15, -0.1) is 0 Å². The summed E-state index contributed by atoms with van der Waals surface area (Å²) in [5.74, 6) is 0. The summed E-state index contributed by atoms with van der Waals surface area (Å²) in [6, 6.07) is 0. The van der Waals surface area contributed by atoms with Crippen LogP contribution in [0.3, 0.4) is 0 Å². The van der Waals surface area contributed by atoms with Crippen LogP contribution in [0.1, 0.15) is 39.5 Å². The standard InChI is InChI=1S/2C4H9.2Li/c2*1-3-4-2;;/h2*1,3-4H2,2H3;;. The molecule has 0 unspecified atom stereocenters. The molecule has 0 saturated heterocycles. The molecule has 52 valence electrons. The first kappa shape index (κ1) is 13.8. The summed E-state index contributed by atoms with van der Waals surface area (Å²) in [6.45, 7) is 4.42. The Balaban J connectivity index is 0. The van der Waals surface area contributed by atoms with E-state index >= 15 is 0 Å². The van der Waals surface area contributed by atoms with E-state index in [0.717, 1.165) is 0 Å². The van der Waals surface area contributed by atoms with Crippen LogP contribution in [0.15, 0.2) is 0 Å². The van der Waals surface area contributed by atoms with E-state index in [1.54, 1.807) is 0 Å². The van der Waals surface area contributed by atoms with Crippen LogP contribution >= 0.6 is 0 Å². The molecule has 0 fully saturated rings. The third-order valence-corrected chi connectivity index (χ3v) is 1.41. The van der Waals surface area contributed by atoms with E-state index in [2.05, 4.69) is 49.3 Å². The summed E-state index contributed by atoms with van der Waals surface area (Å²) in [6.07, 6.45) is 5.47. The van der Waals surface area contributed by atoms with E-state index in [1.165, 1.54) is 35.9 Å². The van der Waals surface area contributed by atoms with Crippen molar-refractivity contribution in [3.63, 3.8) is 0 Å². The summed E-state index contributed by atoms with van der Waals surface area (Å²) in [7, 11) is 0. The molecular weight excluding hydrogens is 110 g/mol. The van der Waals surface area contributed by atoms with Crippen LogP contribution in [0.5, 0.6) is 0 Å². The summed E-state index contributed by atoms with van der Waals surface area (Å²) in [5.41, 5.74) is 0. The topological polar surface area (TPSA) is 0 Å². The van der Waals surface area contributed by atoms with Crippen LogP contribution in [-0.4, -0.2) is 35.4 Å². The van der Waals surface area contributed by atoms with Crippen molar-refractivity contribution in [3.8, 4) is 0 Å². The molecule has 0 amide bonds. The van der Waals surface area contributed by atoms with E-state index in [1.807, 2.05) is 0 Å². The fourth-order valence-corrected chi connectivity index (χ4v) is 0.707. The van der Waals surface area contributed by atoms with Crippen molar-refractivity contribution >= 4 is 35.4 Å². The normalized spacial score (nSPS) is 8.60. The maximum absolute atomic E-state index is 2.21. The molecule has 0 bridgehead atoms. The molecule has 0 aliphatic carbocycles. The Labute approximate surface area is 84.9 Å². The van der Waals surface area contributed by atoms with Crippen LogP contribution in [0.2, 0.25) is 10.2 Å². The molecule has 0 rings (SSSR count). The van der Waals surface area contributed by atoms with Gasteiger partial charge >= 0.3 is 85.1 Å². The Kier molecular flexibility index (Phi) is 22.9. The van der Waals surface area contributed by atoms with Gasteiger partial charge in [0.2, 0.25) is 0 Å². The number of unbranched alkanes of at least 4 members (excludes halogenated alkanes) is 2. The van der Waals surface area contributed by atoms with Gasteiger partial charge in [-0.3, -0.25) is 0 Å². The van der Waals surface area contributed by atoms with Gasteiger partial charge in [0.1, 0.15) is 0 Å². The van der Waals surface area contributed by atoms with Crippen LogP contribution in [0.4, 0.5) is 0 Å². The maximum atomic E-state index is 2.21. The molecule has 0 radical (unpaired) electrons. The predicted octanol–water partition coefficient (Wildman–Crippen LogP) is 2.75. The van der Waals surface area contributed by atoms with Gasteiger partial charge in [0.05, 0.1) is 0 Å². The van der Waals surface area contributed by atoms with E-state index in [9.17, 15) is 0 Å². The third-order valence-electron chi connectivity index (χ3n) is 1.41. The van der Waals surface area contributed by atoms with Crippen molar-refractivity contribution < 1.29 is 0 Å². The number of hydrogen-bond acceptors (Lipinski definition) is 0. The quantitative estimate of drug-likeness (QED) is 0.510. The van der Waals surface area contributed by atoms with Crippen LogP contribution < -0.4 is 0 Å². The fourth-order valence-electron chi connectivity index (χ4n) is 0.707. The average Bonchev–Trinajstić information content (AvgIpc) is 1.93. The first-order valence-corrected chi connectivity index (χ1v) is 4.83. The molecule has 0 aromatic carbocycles. The molecule has 0 aromatic heterocycles. The molecule has 2 heteroatoms. The van der Waals surface area contributed by atoms with Crippen molar-refractivity contribution in [3.05, 3.63) is 0 Å². The van der Waals surface area contributed by atoms with Gasteiger partial charge in [-0.2, -0.15) is 0 Å². The van der Waals surface area contributed by atoms with Gasteiger partial charge in [0.25, 0.3) is 0 Å². The Morgan fingerprint density at radius 3 is 1.10 bits per heavy atom. The van der Waals surface area contributed by atoms with Crippen molar-refractivity contribution in [2.45, 2.75) is 49.7 Å². The second kappa shape index (κ2) is 16.7. The minimum atomic E-state index is 1.34. The number of rotatable bonds is 4. The summed E-state index contributed by atoms with van der Waals surface area (Å²) < 4.78 is 0. The van der Waals surface area contributed by atoms with Crippen molar-refractivity contribution in [2.24, 2.45) is 0 Å². The molecule has 0 aromatic rings. The SMILES string of the molecule is [Li][CH2]CCC.[Li][CH2]CCC. The molecular formula is C8H18Li2. The minimum absolute atomic E-state index is 1.34. The van der Waals surface area contributed by atoms with Gasteiger partial charge < -0.3 is 0 Å². The van der Waals surface area contributed by atoms with Gasteiger partial charge in [-0.25, -0.2) is 0 Å². The van der Waals surface area contributed by atoms with E-state index in [4.69, 9.17) is 0 Å². The van der Waals surface area contributed by atoms with E-state index in [-0.39, 0.29) is 0 Å². The van der Waals surface area contributed by atoms with Crippen LogP contribution in [-0.2, 0) is 0 Å². The second-order valence-electron chi connectivity index (χ2n) is 2.71. The zero-order valence-corrected chi connectivity index (χ0v) is 8.24. The van der Waals surface area contributed by atoms with Crippen LogP contribution in [0.25, 0.3) is 0 Å².